The number of benzene rings is 1. The molecule has 1 aromatic carbocycles. The van der Waals surface area contributed by atoms with Crippen molar-refractivity contribution >= 4 is 17.7 Å². The van der Waals surface area contributed by atoms with Crippen molar-refractivity contribution in [2.24, 2.45) is 0 Å². The normalized spacial score (nSPS) is 22.0. The number of carbonyl (C=O) groups is 2. The van der Waals surface area contributed by atoms with E-state index in [1.54, 1.807) is 4.90 Å². The van der Waals surface area contributed by atoms with Gasteiger partial charge in [0.2, 0.25) is 0 Å². The summed E-state index contributed by atoms with van der Waals surface area (Å²) >= 11 is 0. The Labute approximate surface area is 122 Å². The van der Waals surface area contributed by atoms with Gasteiger partial charge in [0.15, 0.2) is 0 Å². The van der Waals surface area contributed by atoms with Crippen LogP contribution in [0.4, 0.5) is 14.9 Å². The van der Waals surface area contributed by atoms with E-state index in [1.807, 2.05) is 13.8 Å². The maximum Gasteiger partial charge on any atom is 0.340 e. The number of carbonyl (C=O) groups excluding carboxylic acids is 1. The third kappa shape index (κ3) is 3.15. The Hall–Kier alpha value is -2.11. The van der Waals surface area contributed by atoms with Gasteiger partial charge in [0, 0.05) is 12.1 Å². The van der Waals surface area contributed by atoms with E-state index in [1.165, 1.54) is 12.1 Å². The van der Waals surface area contributed by atoms with Gasteiger partial charge < -0.3 is 15.3 Å². The summed E-state index contributed by atoms with van der Waals surface area (Å²) in [4.78, 5) is 25.2. The van der Waals surface area contributed by atoms with Gasteiger partial charge in [0.25, 0.3) is 0 Å². The highest BCUT2D eigenvalue weighted by Gasteiger charge is 2.29. The predicted molar refractivity (Wildman–Crippen MR) is 77.0 cm³/mol. The molecule has 1 aliphatic rings. The van der Waals surface area contributed by atoms with Crippen molar-refractivity contribution in [2.75, 3.05) is 5.32 Å². The summed E-state index contributed by atoms with van der Waals surface area (Å²) < 4.78 is 13.6. The molecule has 0 bridgehead atoms. The van der Waals surface area contributed by atoms with Gasteiger partial charge in [-0.2, -0.15) is 0 Å². The first-order chi connectivity index (χ1) is 9.91. The molecule has 114 valence electrons. The lowest BCUT2D eigenvalue weighted by molar-refractivity contribution is 0.0693. The second-order valence-corrected chi connectivity index (χ2v) is 5.43. The Bertz CT molecular complexity index is 552. The number of halogens is 1. The van der Waals surface area contributed by atoms with E-state index in [4.69, 9.17) is 5.11 Å². The summed E-state index contributed by atoms with van der Waals surface area (Å²) in [7, 11) is 0. The van der Waals surface area contributed by atoms with Crippen LogP contribution in [0.1, 0.15) is 43.5 Å². The molecule has 1 aliphatic heterocycles. The summed E-state index contributed by atoms with van der Waals surface area (Å²) in [6, 6.07) is 3.60. The molecule has 0 saturated carbocycles. The fourth-order valence-electron chi connectivity index (χ4n) is 2.85. The predicted octanol–water partition coefficient (Wildman–Crippen LogP) is 3.32. The van der Waals surface area contributed by atoms with Gasteiger partial charge in [0.05, 0.1) is 5.69 Å². The van der Waals surface area contributed by atoms with Crippen LogP contribution in [0.5, 0.6) is 0 Å². The van der Waals surface area contributed by atoms with Gasteiger partial charge in [-0.25, -0.2) is 14.0 Å². The highest BCUT2D eigenvalue weighted by atomic mass is 19.1. The molecule has 21 heavy (non-hydrogen) atoms. The van der Waals surface area contributed by atoms with E-state index in [-0.39, 0.29) is 23.8 Å². The molecule has 0 radical (unpaired) electrons. The maximum absolute atomic E-state index is 13.6. The molecule has 0 unspecified atom stereocenters. The topological polar surface area (TPSA) is 69.6 Å². The van der Waals surface area contributed by atoms with Gasteiger partial charge in [-0.15, -0.1) is 0 Å². The smallest absolute Gasteiger partial charge is 0.340 e. The fraction of sp³-hybridized carbons (Fsp3) is 0.467. The van der Waals surface area contributed by atoms with E-state index in [0.29, 0.717) is 0 Å². The van der Waals surface area contributed by atoms with Crippen LogP contribution in [-0.2, 0) is 0 Å². The molecule has 2 rings (SSSR count). The summed E-state index contributed by atoms with van der Waals surface area (Å²) in [6.45, 7) is 3.91. The molecule has 1 heterocycles. The Kier molecular flexibility index (Phi) is 4.45. The van der Waals surface area contributed by atoms with Crippen molar-refractivity contribution in [3.8, 4) is 0 Å². The molecular weight excluding hydrogens is 275 g/mol. The number of carboxylic acid groups (broad SMARTS) is 1. The molecule has 1 saturated heterocycles. The number of hydrogen-bond acceptors (Lipinski definition) is 2. The molecule has 0 spiro atoms. The Balaban J connectivity index is 2.24. The van der Waals surface area contributed by atoms with E-state index in [2.05, 4.69) is 5.32 Å². The number of nitrogens with zero attached hydrogens (tertiary/aromatic N) is 1. The van der Waals surface area contributed by atoms with Crippen molar-refractivity contribution in [3.63, 3.8) is 0 Å². The zero-order valence-electron chi connectivity index (χ0n) is 12.1. The molecule has 2 N–H and O–H groups in total. The maximum atomic E-state index is 13.6. The Morgan fingerprint density at radius 1 is 1.29 bits per heavy atom. The van der Waals surface area contributed by atoms with Crippen LogP contribution in [0, 0.1) is 5.82 Å². The number of nitrogens with one attached hydrogen (secondary N) is 1. The minimum atomic E-state index is -1.40. The van der Waals surface area contributed by atoms with Crippen LogP contribution in [0.3, 0.4) is 0 Å². The van der Waals surface area contributed by atoms with Crippen molar-refractivity contribution in [1.29, 1.82) is 0 Å². The number of hydrogen-bond donors (Lipinski definition) is 2. The quantitative estimate of drug-likeness (QED) is 0.879. The third-order valence-corrected chi connectivity index (χ3v) is 3.90. The number of rotatable bonds is 2. The van der Waals surface area contributed by atoms with Gasteiger partial charge in [0.1, 0.15) is 11.4 Å². The first-order valence-corrected chi connectivity index (χ1v) is 7.03. The van der Waals surface area contributed by atoms with E-state index >= 15 is 0 Å². The largest absolute Gasteiger partial charge is 0.478 e. The second kappa shape index (κ2) is 6.11. The fourth-order valence-corrected chi connectivity index (χ4v) is 2.85. The van der Waals surface area contributed by atoms with Crippen LogP contribution in [0.25, 0.3) is 0 Å². The Morgan fingerprint density at radius 3 is 2.48 bits per heavy atom. The molecule has 1 fully saturated rings. The van der Waals surface area contributed by atoms with Crippen LogP contribution < -0.4 is 5.32 Å². The van der Waals surface area contributed by atoms with Gasteiger partial charge in [-0.05, 0) is 45.2 Å². The summed E-state index contributed by atoms with van der Waals surface area (Å²) in [5.74, 6) is -2.26. The second-order valence-electron chi connectivity index (χ2n) is 5.43. The van der Waals surface area contributed by atoms with Gasteiger partial charge in [-0.3, -0.25) is 0 Å². The summed E-state index contributed by atoms with van der Waals surface area (Å²) in [6.07, 6.45) is 2.88. The highest BCUT2D eigenvalue weighted by molar-refractivity contribution is 6.00. The highest BCUT2D eigenvalue weighted by Crippen LogP contribution is 2.25. The molecule has 6 heteroatoms. The monoisotopic (exact) mass is 294 g/mol. The van der Waals surface area contributed by atoms with Gasteiger partial charge >= 0.3 is 12.0 Å². The van der Waals surface area contributed by atoms with Crippen molar-refractivity contribution in [2.45, 2.75) is 45.2 Å². The number of likely N-dealkylation sites (tertiary alicyclic amines) is 1. The Morgan fingerprint density at radius 2 is 1.90 bits per heavy atom. The molecular formula is C15H19FN2O3. The average molecular weight is 294 g/mol. The minimum Gasteiger partial charge on any atom is -0.478 e. The van der Waals surface area contributed by atoms with Crippen LogP contribution in [-0.4, -0.2) is 34.1 Å². The number of urea groups is 1. The number of aromatic carboxylic acids is 1. The SMILES string of the molecule is C[C@@H]1CCC[C@H](C)N1C(=O)Nc1cccc(F)c1C(=O)O. The average Bonchev–Trinajstić information content (AvgIpc) is 2.37. The molecule has 0 aliphatic carbocycles. The molecule has 0 aromatic heterocycles. The first kappa shape index (κ1) is 15.3. The first-order valence-electron chi connectivity index (χ1n) is 7.03. The van der Waals surface area contributed by atoms with Crippen LogP contribution in [0.2, 0.25) is 0 Å². The number of amides is 2. The molecule has 2 atom stereocenters. The van der Waals surface area contributed by atoms with E-state index in [0.717, 1.165) is 25.3 Å². The van der Waals surface area contributed by atoms with E-state index in [9.17, 15) is 14.0 Å². The molecule has 2 amide bonds. The lowest BCUT2D eigenvalue weighted by Gasteiger charge is -2.38. The van der Waals surface area contributed by atoms with Crippen LogP contribution in [0.15, 0.2) is 18.2 Å². The summed E-state index contributed by atoms with van der Waals surface area (Å²) in [5, 5.41) is 11.6. The number of anilines is 1. The number of piperidine rings is 1. The van der Waals surface area contributed by atoms with Crippen LogP contribution >= 0.6 is 0 Å². The third-order valence-electron chi connectivity index (χ3n) is 3.90. The lowest BCUT2D eigenvalue weighted by Crippen LogP contribution is -2.49. The minimum absolute atomic E-state index is 0.0162. The van der Waals surface area contributed by atoms with Crippen molar-refractivity contribution in [3.05, 3.63) is 29.6 Å². The number of carboxylic acids is 1. The van der Waals surface area contributed by atoms with E-state index < -0.39 is 17.3 Å². The van der Waals surface area contributed by atoms with Gasteiger partial charge in [-0.1, -0.05) is 6.07 Å². The van der Waals surface area contributed by atoms with Crippen molar-refractivity contribution in [1.82, 2.24) is 4.90 Å². The lowest BCUT2D eigenvalue weighted by atomic mass is 9.98. The molecule has 1 aromatic rings. The standard InChI is InChI=1S/C15H19FN2O3/c1-9-5-3-6-10(2)18(9)15(21)17-12-8-4-7-11(16)13(12)14(19)20/h4,7-10H,3,5-6H2,1-2H3,(H,17,21)(H,19,20)/t9-,10+. The zero-order chi connectivity index (χ0) is 15.6. The zero-order valence-corrected chi connectivity index (χ0v) is 12.1. The molecule has 5 nitrogen and oxygen atoms in total. The summed E-state index contributed by atoms with van der Waals surface area (Å²) in [5.41, 5.74) is -0.527. The van der Waals surface area contributed by atoms with Crippen molar-refractivity contribution < 1.29 is 19.1 Å².